The molecule has 3 aromatic heterocycles. The Balaban J connectivity index is 1.43. The summed E-state index contributed by atoms with van der Waals surface area (Å²) in [6, 6.07) is 9.34. The van der Waals surface area contributed by atoms with Crippen molar-refractivity contribution in [1.82, 2.24) is 29.8 Å². The Labute approximate surface area is 170 Å². The highest BCUT2D eigenvalue weighted by Crippen LogP contribution is 2.25. The molecule has 4 rings (SSSR count). The van der Waals surface area contributed by atoms with Gasteiger partial charge in [-0.3, -0.25) is 4.79 Å². The summed E-state index contributed by atoms with van der Waals surface area (Å²) in [5.74, 6) is 1.89. The Morgan fingerprint density at radius 2 is 1.72 bits per heavy atom. The highest BCUT2D eigenvalue weighted by Gasteiger charge is 2.29. The van der Waals surface area contributed by atoms with Crippen LogP contribution >= 0.6 is 0 Å². The number of hydrogen-bond donors (Lipinski definition) is 0. The molecule has 0 amide bonds. The monoisotopic (exact) mass is 393 g/mol. The summed E-state index contributed by atoms with van der Waals surface area (Å²) < 4.78 is 3.31. The van der Waals surface area contributed by atoms with Gasteiger partial charge in [-0.1, -0.05) is 20.8 Å². The quantitative estimate of drug-likeness (QED) is 0.676. The second kappa shape index (κ2) is 7.09. The maximum absolute atomic E-state index is 12.3. The number of anilines is 1. The molecule has 0 bridgehead atoms. The summed E-state index contributed by atoms with van der Waals surface area (Å²) in [4.78, 5) is 14.5. The van der Waals surface area contributed by atoms with E-state index in [4.69, 9.17) is 0 Å². The van der Waals surface area contributed by atoms with E-state index in [0.717, 1.165) is 36.0 Å². The summed E-state index contributed by atoms with van der Waals surface area (Å²) in [7, 11) is 0. The first-order chi connectivity index (χ1) is 13.7. The zero-order valence-corrected chi connectivity index (χ0v) is 17.6. The van der Waals surface area contributed by atoms with E-state index in [1.54, 1.807) is 21.5 Å². The van der Waals surface area contributed by atoms with Crippen LogP contribution in [0.5, 0.6) is 0 Å². The van der Waals surface area contributed by atoms with Gasteiger partial charge in [-0.05, 0) is 38.1 Å². The minimum atomic E-state index is -0.0944. The summed E-state index contributed by atoms with van der Waals surface area (Å²) in [6.45, 7) is 12.6. The van der Waals surface area contributed by atoms with Gasteiger partial charge >= 0.3 is 0 Å². The van der Waals surface area contributed by atoms with Crippen LogP contribution in [0.15, 0.2) is 35.1 Å². The van der Waals surface area contributed by atoms with Gasteiger partial charge in [0.2, 0.25) is 0 Å². The van der Waals surface area contributed by atoms with Crippen LogP contribution in [0.25, 0.3) is 5.82 Å². The number of aryl methyl sites for hydroxylation is 2. The van der Waals surface area contributed by atoms with E-state index in [1.165, 1.54) is 0 Å². The van der Waals surface area contributed by atoms with Gasteiger partial charge in [0.05, 0.1) is 17.9 Å². The third kappa shape index (κ3) is 3.92. The summed E-state index contributed by atoms with van der Waals surface area (Å²) in [6.07, 6.45) is 0. The SMILES string of the molecule is Cc1cc(C)n(-c2ccc(=O)n(CC3CN(c4ccc(C(C)(C)C)nn4)C3)n2)n1. The molecule has 0 unspecified atom stereocenters. The molecule has 0 N–H and O–H groups in total. The van der Waals surface area contributed by atoms with Crippen molar-refractivity contribution in [2.45, 2.75) is 46.6 Å². The Morgan fingerprint density at radius 1 is 1.00 bits per heavy atom. The zero-order valence-electron chi connectivity index (χ0n) is 17.6. The van der Waals surface area contributed by atoms with Gasteiger partial charge in [-0.2, -0.15) is 10.2 Å². The molecule has 1 fully saturated rings. The van der Waals surface area contributed by atoms with Gasteiger partial charge in [-0.15, -0.1) is 10.2 Å². The highest BCUT2D eigenvalue weighted by molar-refractivity contribution is 5.41. The van der Waals surface area contributed by atoms with E-state index >= 15 is 0 Å². The van der Waals surface area contributed by atoms with E-state index < -0.39 is 0 Å². The first-order valence-corrected chi connectivity index (χ1v) is 9.92. The van der Waals surface area contributed by atoms with Crippen molar-refractivity contribution in [1.29, 1.82) is 0 Å². The summed E-state index contributed by atoms with van der Waals surface area (Å²) >= 11 is 0. The van der Waals surface area contributed by atoms with Crippen LogP contribution in [0.4, 0.5) is 5.82 Å². The largest absolute Gasteiger partial charge is 0.354 e. The molecule has 0 spiro atoms. The molecule has 0 saturated carbocycles. The van der Waals surface area contributed by atoms with E-state index in [2.05, 4.69) is 46.1 Å². The average molecular weight is 393 g/mol. The number of nitrogens with zero attached hydrogens (tertiary/aromatic N) is 7. The van der Waals surface area contributed by atoms with Gasteiger partial charge in [0.25, 0.3) is 5.56 Å². The molecule has 0 aromatic carbocycles. The van der Waals surface area contributed by atoms with Crippen molar-refractivity contribution >= 4 is 5.82 Å². The zero-order chi connectivity index (χ0) is 20.8. The smallest absolute Gasteiger partial charge is 0.266 e. The molecular weight excluding hydrogens is 366 g/mol. The van der Waals surface area contributed by atoms with Crippen molar-refractivity contribution in [3.8, 4) is 5.82 Å². The maximum atomic E-state index is 12.3. The molecule has 8 heteroatoms. The number of aromatic nitrogens is 6. The first kappa shape index (κ1) is 19.3. The lowest BCUT2D eigenvalue weighted by molar-refractivity contribution is 0.331. The normalized spacial score (nSPS) is 14.9. The minimum Gasteiger partial charge on any atom is -0.354 e. The number of hydrogen-bond acceptors (Lipinski definition) is 6. The molecule has 29 heavy (non-hydrogen) atoms. The van der Waals surface area contributed by atoms with E-state index in [-0.39, 0.29) is 11.0 Å². The first-order valence-electron chi connectivity index (χ1n) is 9.92. The summed E-state index contributed by atoms with van der Waals surface area (Å²) in [5, 5.41) is 17.7. The lowest BCUT2D eigenvalue weighted by Crippen LogP contribution is -2.50. The average Bonchev–Trinajstić information content (AvgIpc) is 2.97. The van der Waals surface area contributed by atoms with Crippen molar-refractivity contribution in [2.24, 2.45) is 5.92 Å². The van der Waals surface area contributed by atoms with Crippen LogP contribution in [-0.4, -0.2) is 42.8 Å². The van der Waals surface area contributed by atoms with Crippen LogP contribution in [0.2, 0.25) is 0 Å². The lowest BCUT2D eigenvalue weighted by atomic mass is 9.92. The van der Waals surface area contributed by atoms with Crippen molar-refractivity contribution in [3.63, 3.8) is 0 Å². The maximum Gasteiger partial charge on any atom is 0.266 e. The fourth-order valence-corrected chi connectivity index (χ4v) is 3.55. The highest BCUT2D eigenvalue weighted by atomic mass is 16.1. The molecular formula is C21H27N7O. The second-order valence-corrected chi connectivity index (χ2v) is 8.85. The van der Waals surface area contributed by atoms with Crippen molar-refractivity contribution < 1.29 is 0 Å². The Morgan fingerprint density at radius 3 is 2.31 bits per heavy atom. The summed E-state index contributed by atoms with van der Waals surface area (Å²) in [5.41, 5.74) is 2.80. The lowest BCUT2D eigenvalue weighted by Gasteiger charge is -2.39. The molecule has 1 aliphatic rings. The third-order valence-electron chi connectivity index (χ3n) is 5.21. The van der Waals surface area contributed by atoms with Crippen molar-refractivity contribution in [3.05, 3.63) is 57.8 Å². The topological polar surface area (TPSA) is 81.7 Å². The van der Waals surface area contributed by atoms with E-state index in [1.807, 2.05) is 32.0 Å². The fraction of sp³-hybridized carbons (Fsp3) is 0.476. The van der Waals surface area contributed by atoms with Gasteiger partial charge in [0, 0.05) is 36.2 Å². The van der Waals surface area contributed by atoms with E-state index in [9.17, 15) is 4.79 Å². The molecule has 8 nitrogen and oxygen atoms in total. The molecule has 4 heterocycles. The van der Waals surface area contributed by atoms with Gasteiger partial charge in [0.1, 0.15) is 0 Å². The fourth-order valence-electron chi connectivity index (χ4n) is 3.55. The van der Waals surface area contributed by atoms with Crippen LogP contribution < -0.4 is 10.5 Å². The Bertz CT molecular complexity index is 1070. The van der Waals surface area contributed by atoms with Crippen LogP contribution in [-0.2, 0) is 12.0 Å². The third-order valence-corrected chi connectivity index (χ3v) is 5.21. The Hall–Kier alpha value is -3.03. The molecule has 1 saturated heterocycles. The molecule has 3 aromatic rings. The molecule has 0 radical (unpaired) electrons. The predicted octanol–water partition coefficient (Wildman–Crippen LogP) is 2.27. The standard InChI is InChI=1S/C21H27N7O/c1-14-10-15(2)28(24-14)19-8-9-20(29)27(25-19)13-16-11-26(12-16)18-7-6-17(22-23-18)21(3,4)5/h6-10,16H,11-13H2,1-5H3. The second-order valence-electron chi connectivity index (χ2n) is 8.85. The Kier molecular flexibility index (Phi) is 4.72. The van der Waals surface area contributed by atoms with Gasteiger partial charge in [0.15, 0.2) is 11.6 Å². The van der Waals surface area contributed by atoms with Crippen LogP contribution in [0, 0.1) is 19.8 Å². The van der Waals surface area contributed by atoms with Crippen LogP contribution in [0.3, 0.4) is 0 Å². The molecule has 152 valence electrons. The molecule has 0 aliphatic carbocycles. The van der Waals surface area contributed by atoms with Gasteiger partial charge in [-0.25, -0.2) is 9.36 Å². The van der Waals surface area contributed by atoms with E-state index in [0.29, 0.717) is 18.3 Å². The number of rotatable bonds is 4. The minimum absolute atomic E-state index is 0.00760. The molecule has 0 atom stereocenters. The van der Waals surface area contributed by atoms with Gasteiger partial charge < -0.3 is 4.90 Å². The van der Waals surface area contributed by atoms with Crippen molar-refractivity contribution in [2.75, 3.05) is 18.0 Å². The van der Waals surface area contributed by atoms with Crippen LogP contribution in [0.1, 0.15) is 37.9 Å². The predicted molar refractivity (Wildman–Crippen MR) is 112 cm³/mol. The molecule has 1 aliphatic heterocycles.